The van der Waals surface area contributed by atoms with Crippen LogP contribution in [-0.4, -0.2) is 37.2 Å². The Bertz CT molecular complexity index is 365. The van der Waals surface area contributed by atoms with Gasteiger partial charge in [0.2, 0.25) is 0 Å². The van der Waals surface area contributed by atoms with Crippen LogP contribution in [0.15, 0.2) is 20.0 Å². The molecule has 0 aromatic heterocycles. The minimum atomic E-state index is 0.484. The zero-order chi connectivity index (χ0) is 15.3. The SMILES string of the molecule is C(=NCCCCN=C=NC1CCCCC1)=NC1CCCCC1. The second-order valence-corrected chi connectivity index (χ2v) is 6.51. The minimum absolute atomic E-state index is 0.484. The lowest BCUT2D eigenvalue weighted by atomic mass is 9.96. The lowest BCUT2D eigenvalue weighted by molar-refractivity contribution is 0.444. The number of hydrogen-bond donors (Lipinski definition) is 0. The number of unbranched alkanes of at least 4 members (excludes halogenated alkanes) is 1. The second kappa shape index (κ2) is 11.3. The molecule has 2 saturated carbocycles. The molecule has 0 radical (unpaired) electrons. The molecule has 4 nitrogen and oxygen atoms in total. The van der Waals surface area contributed by atoms with E-state index >= 15 is 0 Å². The van der Waals surface area contributed by atoms with Gasteiger partial charge in [0.05, 0.1) is 24.1 Å². The maximum absolute atomic E-state index is 4.41. The van der Waals surface area contributed by atoms with Gasteiger partial charge in [-0.05, 0) is 38.5 Å². The molecule has 0 aromatic carbocycles. The van der Waals surface area contributed by atoms with Crippen molar-refractivity contribution < 1.29 is 0 Å². The van der Waals surface area contributed by atoms with Crippen molar-refractivity contribution in [2.75, 3.05) is 13.1 Å². The van der Waals surface area contributed by atoms with Crippen molar-refractivity contribution in [2.24, 2.45) is 20.0 Å². The van der Waals surface area contributed by atoms with Crippen LogP contribution in [0.4, 0.5) is 0 Å². The second-order valence-electron chi connectivity index (χ2n) is 6.51. The van der Waals surface area contributed by atoms with Gasteiger partial charge in [0.25, 0.3) is 0 Å². The summed E-state index contributed by atoms with van der Waals surface area (Å²) in [5.74, 6) is 0. The Labute approximate surface area is 135 Å². The van der Waals surface area contributed by atoms with E-state index in [1.807, 2.05) is 0 Å². The summed E-state index contributed by atoms with van der Waals surface area (Å²) in [6.45, 7) is 1.62. The normalized spacial score (nSPS) is 19.8. The van der Waals surface area contributed by atoms with Gasteiger partial charge in [-0.1, -0.05) is 38.5 Å². The van der Waals surface area contributed by atoms with Crippen LogP contribution in [0.5, 0.6) is 0 Å². The molecule has 22 heavy (non-hydrogen) atoms. The average Bonchev–Trinajstić information content (AvgIpc) is 2.58. The van der Waals surface area contributed by atoms with Crippen molar-refractivity contribution in [1.29, 1.82) is 0 Å². The number of hydrogen-bond acceptors (Lipinski definition) is 4. The molecule has 0 atom stereocenters. The van der Waals surface area contributed by atoms with E-state index in [0.29, 0.717) is 12.1 Å². The third-order valence-corrected chi connectivity index (χ3v) is 4.56. The first-order chi connectivity index (χ1) is 10.9. The molecule has 0 aliphatic heterocycles. The summed E-state index contributed by atoms with van der Waals surface area (Å²) in [6, 6.07) is 6.74. The third kappa shape index (κ3) is 7.68. The van der Waals surface area contributed by atoms with Gasteiger partial charge < -0.3 is 0 Å². The van der Waals surface area contributed by atoms with Gasteiger partial charge >= 0.3 is 0 Å². The van der Waals surface area contributed by atoms with Crippen molar-refractivity contribution in [2.45, 2.75) is 89.1 Å². The van der Waals surface area contributed by atoms with Crippen LogP contribution < -0.4 is 0 Å². The molecule has 2 aliphatic carbocycles. The quantitative estimate of drug-likeness (QED) is 0.480. The molecule has 0 unspecified atom stereocenters. The molecule has 0 heterocycles. The molecule has 2 rings (SSSR count). The average molecular weight is 302 g/mol. The van der Waals surface area contributed by atoms with Gasteiger partial charge in [-0.3, -0.25) is 0 Å². The lowest BCUT2D eigenvalue weighted by Crippen LogP contribution is -2.08. The van der Waals surface area contributed by atoms with E-state index in [9.17, 15) is 0 Å². The van der Waals surface area contributed by atoms with Gasteiger partial charge in [0.1, 0.15) is 0 Å². The van der Waals surface area contributed by atoms with Crippen LogP contribution in [0.2, 0.25) is 0 Å². The summed E-state index contributed by atoms with van der Waals surface area (Å²) in [5, 5.41) is 0. The molecular weight excluding hydrogens is 272 g/mol. The Hall–Kier alpha value is -1.24. The highest BCUT2D eigenvalue weighted by Crippen LogP contribution is 2.20. The topological polar surface area (TPSA) is 49.4 Å². The fraction of sp³-hybridized carbons (Fsp3) is 0.889. The highest BCUT2D eigenvalue weighted by molar-refractivity contribution is 5.42. The first kappa shape index (κ1) is 17.1. The summed E-state index contributed by atoms with van der Waals surface area (Å²) < 4.78 is 0. The van der Waals surface area contributed by atoms with Gasteiger partial charge in [-0.2, -0.15) is 0 Å². The summed E-state index contributed by atoms with van der Waals surface area (Å²) in [7, 11) is 0. The summed E-state index contributed by atoms with van der Waals surface area (Å²) in [6.07, 6.45) is 15.0. The van der Waals surface area contributed by atoms with E-state index in [1.54, 1.807) is 0 Å². The smallest absolute Gasteiger partial charge is 0.0895 e. The Balaban J connectivity index is 1.49. The van der Waals surface area contributed by atoms with Gasteiger partial charge in [0.15, 0.2) is 0 Å². The predicted molar refractivity (Wildman–Crippen MR) is 92.4 cm³/mol. The molecule has 4 heteroatoms. The molecule has 122 valence electrons. The number of rotatable bonds is 7. The number of nitrogens with zero attached hydrogens (tertiary/aromatic N) is 4. The Morgan fingerprint density at radius 1 is 0.591 bits per heavy atom. The van der Waals surface area contributed by atoms with Crippen LogP contribution >= 0.6 is 0 Å². The Morgan fingerprint density at radius 2 is 1.00 bits per heavy atom. The first-order valence-electron chi connectivity index (χ1n) is 9.18. The molecule has 2 aliphatic rings. The van der Waals surface area contributed by atoms with Crippen molar-refractivity contribution >= 4 is 12.0 Å². The third-order valence-electron chi connectivity index (χ3n) is 4.56. The van der Waals surface area contributed by atoms with Crippen LogP contribution in [0, 0.1) is 0 Å². The zero-order valence-electron chi connectivity index (χ0n) is 13.8. The lowest BCUT2D eigenvalue weighted by Gasteiger charge is -2.15. The van der Waals surface area contributed by atoms with Gasteiger partial charge in [0, 0.05) is 13.1 Å². The fourth-order valence-electron chi connectivity index (χ4n) is 3.15. The predicted octanol–water partition coefficient (Wildman–Crippen LogP) is 4.78. The van der Waals surface area contributed by atoms with E-state index in [-0.39, 0.29) is 0 Å². The van der Waals surface area contributed by atoms with E-state index in [0.717, 1.165) is 25.9 Å². The summed E-state index contributed by atoms with van der Waals surface area (Å²) >= 11 is 0. The van der Waals surface area contributed by atoms with Gasteiger partial charge in [-0.15, -0.1) is 0 Å². The van der Waals surface area contributed by atoms with E-state index in [4.69, 9.17) is 0 Å². The van der Waals surface area contributed by atoms with Crippen molar-refractivity contribution in [3.05, 3.63) is 0 Å². The molecule has 0 bridgehead atoms. The largest absolute Gasteiger partial charge is 0.226 e. The molecule has 0 aromatic rings. The van der Waals surface area contributed by atoms with Gasteiger partial charge in [-0.25, -0.2) is 20.0 Å². The van der Waals surface area contributed by atoms with Crippen molar-refractivity contribution in [3.8, 4) is 0 Å². The molecule has 0 N–H and O–H groups in total. The summed E-state index contributed by atoms with van der Waals surface area (Å²) in [5.41, 5.74) is 0. The molecule has 0 amide bonds. The standard InChI is InChI=1S/C18H30N4/c1-3-9-17(10-4-1)21-15-19-13-7-8-14-20-16-22-18-11-5-2-6-12-18/h17-18H,1-14H2. The Kier molecular flexibility index (Phi) is 8.83. The highest BCUT2D eigenvalue weighted by Gasteiger charge is 2.11. The molecular formula is C18H30N4. The summed E-state index contributed by atoms with van der Waals surface area (Å²) in [4.78, 5) is 17.3. The van der Waals surface area contributed by atoms with Crippen LogP contribution in [0.25, 0.3) is 0 Å². The number of aliphatic imine (C=N–C) groups is 4. The minimum Gasteiger partial charge on any atom is -0.226 e. The van der Waals surface area contributed by atoms with Crippen LogP contribution in [0.3, 0.4) is 0 Å². The van der Waals surface area contributed by atoms with E-state index in [2.05, 4.69) is 32.0 Å². The first-order valence-corrected chi connectivity index (χ1v) is 9.18. The van der Waals surface area contributed by atoms with Crippen LogP contribution in [-0.2, 0) is 0 Å². The maximum Gasteiger partial charge on any atom is 0.0895 e. The van der Waals surface area contributed by atoms with Crippen molar-refractivity contribution in [3.63, 3.8) is 0 Å². The highest BCUT2D eigenvalue weighted by atomic mass is 14.8. The van der Waals surface area contributed by atoms with E-state index in [1.165, 1.54) is 64.2 Å². The molecule has 0 spiro atoms. The van der Waals surface area contributed by atoms with E-state index < -0.39 is 0 Å². The maximum atomic E-state index is 4.41. The Morgan fingerprint density at radius 3 is 1.41 bits per heavy atom. The molecule has 2 fully saturated rings. The monoisotopic (exact) mass is 302 g/mol. The molecule has 0 saturated heterocycles. The van der Waals surface area contributed by atoms with Crippen LogP contribution in [0.1, 0.15) is 77.0 Å². The van der Waals surface area contributed by atoms with Crippen molar-refractivity contribution in [1.82, 2.24) is 0 Å². The fourth-order valence-corrected chi connectivity index (χ4v) is 3.15. The zero-order valence-corrected chi connectivity index (χ0v) is 13.8.